The van der Waals surface area contributed by atoms with E-state index < -0.39 is 0 Å². The van der Waals surface area contributed by atoms with Crippen molar-refractivity contribution in [2.75, 3.05) is 19.5 Å². The van der Waals surface area contributed by atoms with Gasteiger partial charge in [0.15, 0.2) is 11.5 Å². The Balaban J connectivity index is 1.65. The summed E-state index contributed by atoms with van der Waals surface area (Å²) >= 11 is 0. The van der Waals surface area contributed by atoms with Gasteiger partial charge in [-0.25, -0.2) is 4.98 Å². The minimum atomic E-state index is -0.0945. The molecule has 1 amide bonds. The number of fused-ring (bicyclic) bond motifs is 1. The van der Waals surface area contributed by atoms with Crippen LogP contribution in [0.1, 0.15) is 17.9 Å². The molecular weight excluding hydrogens is 320 g/mol. The van der Waals surface area contributed by atoms with Gasteiger partial charge >= 0.3 is 0 Å². The van der Waals surface area contributed by atoms with Gasteiger partial charge in [0.05, 0.1) is 19.9 Å². The quantitative estimate of drug-likeness (QED) is 0.740. The van der Waals surface area contributed by atoms with Crippen LogP contribution in [0.4, 0.5) is 5.69 Å². The van der Waals surface area contributed by atoms with Crippen molar-refractivity contribution in [2.45, 2.75) is 19.8 Å². The largest absolute Gasteiger partial charge is 0.497 e. The summed E-state index contributed by atoms with van der Waals surface area (Å²) in [6, 6.07) is 11.1. The van der Waals surface area contributed by atoms with E-state index in [0.29, 0.717) is 35.9 Å². The van der Waals surface area contributed by atoms with Gasteiger partial charge in [0.2, 0.25) is 5.91 Å². The van der Waals surface area contributed by atoms with Gasteiger partial charge in [-0.2, -0.15) is 0 Å². The molecule has 0 radical (unpaired) electrons. The number of benzene rings is 2. The number of hydrogen-bond acceptors (Lipinski definition) is 5. The number of ether oxygens (including phenoxy) is 2. The number of methoxy groups -OCH3 is 2. The standard InChI is InChI=1S/C19H20N2O4/c1-12-20-15-10-13(4-7-18(15)25-12)5-9-19(22)21-16-11-14(23-2)6-8-17(16)24-3/h4,6-8,10-11H,5,9H2,1-3H3,(H,21,22). The lowest BCUT2D eigenvalue weighted by atomic mass is 10.1. The number of carbonyl (C=O) groups is 1. The summed E-state index contributed by atoms with van der Waals surface area (Å²) in [4.78, 5) is 16.6. The second-order valence-corrected chi connectivity index (χ2v) is 5.65. The molecule has 1 N–H and O–H groups in total. The summed E-state index contributed by atoms with van der Waals surface area (Å²) in [5, 5.41) is 2.87. The second-order valence-electron chi connectivity index (χ2n) is 5.65. The van der Waals surface area contributed by atoms with E-state index in [2.05, 4.69) is 10.3 Å². The zero-order chi connectivity index (χ0) is 17.8. The van der Waals surface area contributed by atoms with Crippen molar-refractivity contribution in [3.05, 3.63) is 47.9 Å². The van der Waals surface area contributed by atoms with Gasteiger partial charge in [-0.15, -0.1) is 0 Å². The van der Waals surface area contributed by atoms with Crippen LogP contribution >= 0.6 is 0 Å². The minimum Gasteiger partial charge on any atom is -0.497 e. The van der Waals surface area contributed by atoms with Crippen molar-refractivity contribution in [1.29, 1.82) is 0 Å². The molecule has 0 atom stereocenters. The zero-order valence-corrected chi connectivity index (χ0v) is 14.5. The molecule has 6 nitrogen and oxygen atoms in total. The average molecular weight is 340 g/mol. The number of amides is 1. The van der Waals surface area contributed by atoms with Gasteiger partial charge in [0, 0.05) is 19.4 Å². The Bertz CT molecular complexity index is 902. The molecule has 0 spiro atoms. The number of nitrogens with zero attached hydrogens (tertiary/aromatic N) is 1. The first-order chi connectivity index (χ1) is 12.1. The van der Waals surface area contributed by atoms with Gasteiger partial charge in [0.1, 0.15) is 17.0 Å². The first kappa shape index (κ1) is 16.8. The monoisotopic (exact) mass is 340 g/mol. The van der Waals surface area contributed by atoms with E-state index in [1.54, 1.807) is 32.4 Å². The van der Waals surface area contributed by atoms with E-state index in [1.807, 2.05) is 25.1 Å². The third-order valence-electron chi connectivity index (χ3n) is 3.88. The van der Waals surface area contributed by atoms with Crippen molar-refractivity contribution < 1.29 is 18.7 Å². The number of rotatable bonds is 6. The highest BCUT2D eigenvalue weighted by molar-refractivity contribution is 5.92. The van der Waals surface area contributed by atoms with Gasteiger partial charge in [-0.05, 0) is 36.2 Å². The van der Waals surface area contributed by atoms with Gasteiger partial charge in [-0.3, -0.25) is 4.79 Å². The molecule has 130 valence electrons. The molecule has 0 aliphatic carbocycles. The predicted molar refractivity (Wildman–Crippen MR) is 95.2 cm³/mol. The second kappa shape index (κ2) is 7.25. The summed E-state index contributed by atoms with van der Waals surface area (Å²) in [5.41, 5.74) is 3.19. The fourth-order valence-electron chi connectivity index (χ4n) is 2.63. The van der Waals surface area contributed by atoms with Crippen molar-refractivity contribution in [3.8, 4) is 11.5 Å². The van der Waals surface area contributed by atoms with E-state index in [4.69, 9.17) is 13.9 Å². The molecule has 3 aromatic rings. The third-order valence-corrected chi connectivity index (χ3v) is 3.88. The molecule has 0 fully saturated rings. The lowest BCUT2D eigenvalue weighted by Gasteiger charge is -2.11. The van der Waals surface area contributed by atoms with E-state index in [9.17, 15) is 4.79 Å². The molecular formula is C19H20N2O4. The molecule has 1 heterocycles. The SMILES string of the molecule is COc1ccc(OC)c(NC(=O)CCc2ccc3oc(C)nc3c2)c1. The summed E-state index contributed by atoms with van der Waals surface area (Å²) in [6.45, 7) is 1.81. The van der Waals surface area contributed by atoms with Crippen LogP contribution in [0.2, 0.25) is 0 Å². The summed E-state index contributed by atoms with van der Waals surface area (Å²) in [7, 11) is 3.14. The molecule has 0 unspecified atom stereocenters. The fraction of sp³-hybridized carbons (Fsp3) is 0.263. The maximum absolute atomic E-state index is 12.3. The topological polar surface area (TPSA) is 73.6 Å². The lowest BCUT2D eigenvalue weighted by molar-refractivity contribution is -0.116. The van der Waals surface area contributed by atoms with Crippen molar-refractivity contribution in [3.63, 3.8) is 0 Å². The lowest BCUT2D eigenvalue weighted by Crippen LogP contribution is -2.13. The highest BCUT2D eigenvalue weighted by atomic mass is 16.5. The maximum Gasteiger partial charge on any atom is 0.224 e. The molecule has 25 heavy (non-hydrogen) atoms. The summed E-state index contributed by atoms with van der Waals surface area (Å²) < 4.78 is 15.9. The number of anilines is 1. The Labute approximate surface area is 145 Å². The molecule has 0 saturated heterocycles. The van der Waals surface area contributed by atoms with Crippen LogP contribution < -0.4 is 14.8 Å². The van der Waals surface area contributed by atoms with Gasteiger partial charge in [0.25, 0.3) is 0 Å². The van der Waals surface area contributed by atoms with Crippen molar-refractivity contribution in [1.82, 2.24) is 4.98 Å². The Morgan fingerprint density at radius 2 is 2.00 bits per heavy atom. The van der Waals surface area contributed by atoms with Crippen molar-refractivity contribution in [2.24, 2.45) is 0 Å². The van der Waals surface area contributed by atoms with Crippen molar-refractivity contribution >= 4 is 22.7 Å². The Morgan fingerprint density at radius 1 is 1.16 bits per heavy atom. The third kappa shape index (κ3) is 3.91. The van der Waals surface area contributed by atoms with Crippen LogP contribution in [0.5, 0.6) is 11.5 Å². The Kier molecular flexibility index (Phi) is 4.88. The van der Waals surface area contributed by atoms with Crippen LogP contribution in [0.25, 0.3) is 11.1 Å². The highest BCUT2D eigenvalue weighted by Crippen LogP contribution is 2.29. The molecule has 0 aliphatic heterocycles. The van der Waals surface area contributed by atoms with E-state index >= 15 is 0 Å². The normalized spacial score (nSPS) is 10.7. The highest BCUT2D eigenvalue weighted by Gasteiger charge is 2.10. The number of carbonyl (C=O) groups excluding carboxylic acids is 1. The molecule has 6 heteroatoms. The smallest absolute Gasteiger partial charge is 0.224 e. The molecule has 0 bridgehead atoms. The summed E-state index contributed by atoms with van der Waals surface area (Å²) in [5.74, 6) is 1.79. The minimum absolute atomic E-state index is 0.0945. The first-order valence-corrected chi connectivity index (χ1v) is 7.97. The zero-order valence-electron chi connectivity index (χ0n) is 14.5. The van der Waals surface area contributed by atoms with Crippen LogP contribution in [-0.2, 0) is 11.2 Å². The van der Waals surface area contributed by atoms with Gasteiger partial charge < -0.3 is 19.2 Å². The number of hydrogen-bond donors (Lipinski definition) is 1. The number of oxazole rings is 1. The molecule has 2 aromatic carbocycles. The maximum atomic E-state index is 12.3. The number of aromatic nitrogens is 1. The van der Waals surface area contributed by atoms with E-state index in [1.165, 1.54) is 0 Å². The fourth-order valence-corrected chi connectivity index (χ4v) is 2.63. The molecule has 0 saturated carbocycles. The van der Waals surface area contributed by atoms with E-state index in [-0.39, 0.29) is 5.91 Å². The average Bonchev–Trinajstić information content (AvgIpc) is 2.99. The number of nitrogens with one attached hydrogen (secondary N) is 1. The Hall–Kier alpha value is -3.02. The van der Waals surface area contributed by atoms with Crippen LogP contribution in [0, 0.1) is 6.92 Å². The van der Waals surface area contributed by atoms with Gasteiger partial charge in [-0.1, -0.05) is 6.07 Å². The van der Waals surface area contributed by atoms with E-state index in [0.717, 1.165) is 16.7 Å². The molecule has 0 aliphatic rings. The molecule has 1 aromatic heterocycles. The van der Waals surface area contributed by atoms with Crippen LogP contribution in [0.3, 0.4) is 0 Å². The molecule has 3 rings (SSSR count). The first-order valence-electron chi connectivity index (χ1n) is 7.97. The predicted octanol–water partition coefficient (Wildman–Crippen LogP) is 3.72. The van der Waals surface area contributed by atoms with Crippen LogP contribution in [-0.4, -0.2) is 25.1 Å². The van der Waals surface area contributed by atoms with Crippen LogP contribution in [0.15, 0.2) is 40.8 Å². The summed E-state index contributed by atoms with van der Waals surface area (Å²) in [6.07, 6.45) is 0.961. The number of aryl methyl sites for hydroxylation is 2. The Morgan fingerprint density at radius 3 is 2.76 bits per heavy atom.